The molecule has 0 bridgehead atoms. The number of amides is 4. The average molecular weight is 727 g/mol. The van der Waals surface area contributed by atoms with E-state index >= 15 is 0 Å². The summed E-state index contributed by atoms with van der Waals surface area (Å²) < 4.78 is 80.6. The van der Waals surface area contributed by atoms with E-state index in [0.29, 0.717) is 12.8 Å². The normalized spacial score (nSPS) is 24.2. The van der Waals surface area contributed by atoms with Gasteiger partial charge in [-0.3, -0.25) is 19.1 Å². The van der Waals surface area contributed by atoms with Crippen LogP contribution in [0.2, 0.25) is 0 Å². The van der Waals surface area contributed by atoms with E-state index in [1.54, 1.807) is 20.8 Å². The molecular formula is C31H37F3N6O9S. The van der Waals surface area contributed by atoms with Crippen molar-refractivity contribution in [3.05, 3.63) is 36.5 Å². The molecule has 19 heteroatoms. The number of likely N-dealkylation sites (tertiary alicyclic amines) is 1. The number of carbonyl (C=O) groups excluding carboxylic acids is 3. The molecule has 0 unspecified atom stereocenters. The first-order chi connectivity index (χ1) is 23.2. The van der Waals surface area contributed by atoms with Crippen molar-refractivity contribution in [2.45, 2.75) is 81.6 Å². The number of alkyl halides is 3. The number of hydrogen-bond acceptors (Lipinski definition) is 10. The number of nitrogens with one attached hydrogen (secondary N) is 3. The Balaban J connectivity index is 1.49. The zero-order valence-electron chi connectivity index (χ0n) is 27.5. The Morgan fingerprint density at radius 2 is 1.82 bits per heavy atom. The molecule has 2 saturated carbocycles. The number of ether oxygens (including phenoxy) is 2. The second-order valence-electron chi connectivity index (χ2n) is 13.6. The smallest absolute Gasteiger partial charge is 0.438 e. The Hall–Kier alpha value is -4.68. The molecule has 0 spiro atoms. The number of halogens is 3. The largest absolute Gasteiger partial charge is 0.497 e. The highest BCUT2D eigenvalue weighted by atomic mass is 32.2. The number of sulfonamides is 1. The average Bonchev–Trinajstić information content (AvgIpc) is 3.94. The lowest BCUT2D eigenvalue weighted by Gasteiger charge is -2.35. The second kappa shape index (κ2) is 12.9. The molecule has 15 nitrogen and oxygen atoms in total. The maximum Gasteiger partial charge on any atom is 0.438 e. The Bertz CT molecular complexity index is 1850. The van der Waals surface area contributed by atoms with Gasteiger partial charge in [0.25, 0.3) is 5.91 Å². The van der Waals surface area contributed by atoms with E-state index in [4.69, 9.17) is 9.47 Å². The lowest BCUT2D eigenvalue weighted by atomic mass is 9.85. The molecular weight excluding hydrogens is 689 g/mol. The summed E-state index contributed by atoms with van der Waals surface area (Å²) in [5, 5.41) is 13.4. The molecule has 2 aromatic rings. The van der Waals surface area contributed by atoms with Gasteiger partial charge in [-0.15, -0.1) is 6.58 Å². The third-order valence-corrected chi connectivity index (χ3v) is 10.7. The fourth-order valence-corrected chi connectivity index (χ4v) is 7.27. The van der Waals surface area contributed by atoms with E-state index in [9.17, 15) is 45.9 Å². The van der Waals surface area contributed by atoms with Crippen molar-refractivity contribution in [1.29, 1.82) is 0 Å². The summed E-state index contributed by atoms with van der Waals surface area (Å²) in [6.45, 7) is 7.86. The molecule has 2 heterocycles. The van der Waals surface area contributed by atoms with Crippen LogP contribution in [0.15, 0.2) is 30.9 Å². The predicted octanol–water partition coefficient (Wildman–Crippen LogP) is 2.36. The minimum atomic E-state index is -5.02. The van der Waals surface area contributed by atoms with E-state index in [2.05, 4.69) is 27.2 Å². The van der Waals surface area contributed by atoms with Gasteiger partial charge in [-0.25, -0.2) is 23.2 Å². The lowest BCUT2D eigenvalue weighted by molar-refractivity contribution is -0.143. The molecule has 50 heavy (non-hydrogen) atoms. The van der Waals surface area contributed by atoms with E-state index in [0.717, 1.165) is 4.90 Å². The van der Waals surface area contributed by atoms with Gasteiger partial charge in [0.2, 0.25) is 33.4 Å². The minimum absolute atomic E-state index is 0.00401. The van der Waals surface area contributed by atoms with Gasteiger partial charge in [0.15, 0.2) is 0 Å². The van der Waals surface area contributed by atoms with E-state index in [1.165, 1.54) is 31.4 Å². The van der Waals surface area contributed by atoms with Crippen LogP contribution in [0, 0.1) is 11.3 Å². The maximum absolute atomic E-state index is 14.2. The van der Waals surface area contributed by atoms with Crippen LogP contribution in [0.1, 0.15) is 52.1 Å². The number of fused-ring (bicyclic) bond motifs is 1. The molecule has 1 aromatic carbocycles. The van der Waals surface area contributed by atoms with Crippen molar-refractivity contribution in [2.75, 3.05) is 13.7 Å². The molecule has 1 saturated heterocycles. The second-order valence-corrected chi connectivity index (χ2v) is 15.6. The first-order valence-electron chi connectivity index (χ1n) is 15.6. The molecule has 0 radical (unpaired) electrons. The van der Waals surface area contributed by atoms with Crippen LogP contribution >= 0.6 is 0 Å². The SMILES string of the molecule is C=C[C@@H]1C[C@]1(NC(=O)[C@@H]1C[C@@H](Oc2nc3cc(OC)ccc3nc2C(F)(F)F)CN1C(=O)[C@@H](NC(=O)O)C(C)(C)C)C(=O)NS(=O)(=O)C1CC1. The van der Waals surface area contributed by atoms with Crippen LogP contribution in [-0.2, 0) is 30.6 Å². The first kappa shape index (κ1) is 36.6. The van der Waals surface area contributed by atoms with E-state index in [-0.39, 0.29) is 23.2 Å². The third kappa shape index (κ3) is 7.41. The molecule has 5 atom stereocenters. The number of hydrogen-bond donors (Lipinski definition) is 4. The van der Waals surface area contributed by atoms with Crippen LogP contribution in [0.5, 0.6) is 11.6 Å². The fraction of sp³-hybridized carbons (Fsp3) is 0.548. The highest BCUT2D eigenvalue weighted by molar-refractivity contribution is 7.91. The quantitative estimate of drug-likeness (QED) is 0.247. The van der Waals surface area contributed by atoms with Crippen LogP contribution in [0.4, 0.5) is 18.0 Å². The van der Waals surface area contributed by atoms with Crippen molar-refractivity contribution in [3.63, 3.8) is 0 Å². The molecule has 1 aliphatic heterocycles. The van der Waals surface area contributed by atoms with Crippen LogP contribution in [0.3, 0.4) is 0 Å². The van der Waals surface area contributed by atoms with Crippen molar-refractivity contribution >= 4 is 44.9 Å². The maximum atomic E-state index is 14.2. The number of carbonyl (C=O) groups is 4. The number of carboxylic acid groups (broad SMARTS) is 1. The number of benzene rings is 1. The number of methoxy groups -OCH3 is 1. The van der Waals surface area contributed by atoms with Crippen molar-refractivity contribution in [3.8, 4) is 11.6 Å². The Morgan fingerprint density at radius 1 is 1.14 bits per heavy atom. The van der Waals surface area contributed by atoms with E-state index in [1.807, 2.05) is 4.72 Å². The molecule has 3 aliphatic rings. The molecule has 1 aromatic heterocycles. The highest BCUT2D eigenvalue weighted by Crippen LogP contribution is 2.46. The summed E-state index contributed by atoms with van der Waals surface area (Å²) in [7, 11) is -2.65. The summed E-state index contributed by atoms with van der Waals surface area (Å²) in [5.41, 5.74) is -4.33. The summed E-state index contributed by atoms with van der Waals surface area (Å²) in [4.78, 5) is 61.6. The topological polar surface area (TPSA) is 206 Å². The molecule has 4 N–H and O–H groups in total. The first-order valence-corrected chi connectivity index (χ1v) is 17.1. The molecule has 5 rings (SSSR count). The van der Waals surface area contributed by atoms with Crippen molar-refractivity contribution in [1.82, 2.24) is 30.2 Å². The standard InChI is InChI=1S/C31H37F3N6O9S/c1-6-15-13-30(15,27(43)39-50(46,47)18-8-9-18)38-24(41)21-12-17(14-40(21)26(42)23(29(2,3)4)37-28(44)45)49-25-22(31(32,33)34)35-19-10-7-16(48-5)11-20(19)36-25/h6-7,10-11,15,17-18,21,23,37H,1,8-9,12-14H2,2-5H3,(H,38,41)(H,39,43)(H,44,45)/t15-,17-,21+,23-,30-/m1/s1. The Labute approximate surface area is 285 Å². The zero-order chi connectivity index (χ0) is 37.0. The third-order valence-electron chi connectivity index (χ3n) is 8.86. The van der Waals surface area contributed by atoms with Crippen LogP contribution < -0.4 is 24.8 Å². The van der Waals surface area contributed by atoms with Gasteiger partial charge >= 0.3 is 12.3 Å². The van der Waals surface area contributed by atoms with Gasteiger partial charge < -0.3 is 30.1 Å². The van der Waals surface area contributed by atoms with Gasteiger partial charge in [-0.2, -0.15) is 13.2 Å². The summed E-state index contributed by atoms with van der Waals surface area (Å²) >= 11 is 0. The highest BCUT2D eigenvalue weighted by Gasteiger charge is 2.62. The molecule has 3 fully saturated rings. The summed E-state index contributed by atoms with van der Waals surface area (Å²) in [6, 6.07) is 1.13. The number of nitrogens with zero attached hydrogens (tertiary/aromatic N) is 3. The van der Waals surface area contributed by atoms with Gasteiger partial charge in [0.1, 0.15) is 29.5 Å². The summed E-state index contributed by atoms with van der Waals surface area (Å²) in [5.74, 6) is -4.14. The number of rotatable bonds is 11. The molecule has 4 amide bonds. The van der Waals surface area contributed by atoms with E-state index < -0.39 is 105 Å². The van der Waals surface area contributed by atoms with Crippen LogP contribution in [-0.4, -0.2) is 94.8 Å². The lowest BCUT2D eigenvalue weighted by Crippen LogP contribution is -2.60. The van der Waals surface area contributed by atoms with Crippen molar-refractivity contribution in [2.24, 2.45) is 11.3 Å². The van der Waals surface area contributed by atoms with Crippen molar-refractivity contribution < 1.29 is 55.3 Å². The van der Waals surface area contributed by atoms with Gasteiger partial charge in [0, 0.05) is 18.4 Å². The zero-order valence-corrected chi connectivity index (χ0v) is 28.4. The van der Waals surface area contributed by atoms with Crippen LogP contribution in [0.25, 0.3) is 11.0 Å². The predicted molar refractivity (Wildman–Crippen MR) is 169 cm³/mol. The monoisotopic (exact) mass is 726 g/mol. The molecule has 2 aliphatic carbocycles. The molecule has 272 valence electrons. The Kier molecular flexibility index (Phi) is 9.44. The Morgan fingerprint density at radius 3 is 2.36 bits per heavy atom. The summed E-state index contributed by atoms with van der Waals surface area (Å²) in [6.07, 6.45) is -6.16. The van der Waals surface area contributed by atoms with Gasteiger partial charge in [-0.1, -0.05) is 26.8 Å². The number of aromatic nitrogens is 2. The fourth-order valence-electron chi connectivity index (χ4n) is 5.90. The minimum Gasteiger partial charge on any atom is -0.497 e. The van der Waals surface area contributed by atoms with Gasteiger partial charge in [0.05, 0.1) is 29.9 Å². The van der Waals surface area contributed by atoms with Gasteiger partial charge in [-0.05, 0) is 36.8 Å².